The van der Waals surface area contributed by atoms with Crippen molar-refractivity contribution in [1.82, 2.24) is 4.90 Å². The van der Waals surface area contributed by atoms with Gasteiger partial charge in [-0.25, -0.2) is 0 Å². The van der Waals surface area contributed by atoms with Crippen LogP contribution in [0.15, 0.2) is 18.2 Å². The van der Waals surface area contributed by atoms with Crippen LogP contribution in [0.1, 0.15) is 19.4 Å². The third-order valence-electron chi connectivity index (χ3n) is 2.74. The summed E-state index contributed by atoms with van der Waals surface area (Å²) in [7, 11) is 3.20. The molecule has 17 heavy (non-hydrogen) atoms. The van der Waals surface area contributed by atoms with Gasteiger partial charge in [0.2, 0.25) is 0 Å². The summed E-state index contributed by atoms with van der Waals surface area (Å²) in [5, 5.41) is 8.12. The van der Waals surface area contributed by atoms with Crippen LogP contribution in [0.4, 0.5) is 0 Å². The largest absolute Gasteiger partial charge is 0.493 e. The predicted molar refractivity (Wildman–Crippen MR) is 69.3 cm³/mol. The van der Waals surface area contributed by atoms with Gasteiger partial charge in [-0.3, -0.25) is 5.41 Å². The Morgan fingerprint density at radius 1 is 1.12 bits per heavy atom. The van der Waals surface area contributed by atoms with Gasteiger partial charge < -0.3 is 14.4 Å². The Morgan fingerprint density at radius 2 is 1.71 bits per heavy atom. The van der Waals surface area contributed by atoms with Gasteiger partial charge in [0.05, 0.1) is 14.2 Å². The standard InChI is InChI=1S/C13H20N2O2/c1-5-15(6-2)13(14)10-7-8-11(16-3)12(9-10)17-4/h7-9,14H,5-6H2,1-4H3. The molecule has 0 fully saturated rings. The van der Waals surface area contributed by atoms with E-state index >= 15 is 0 Å². The fraction of sp³-hybridized carbons (Fsp3) is 0.462. The molecule has 0 saturated carbocycles. The van der Waals surface area contributed by atoms with Gasteiger partial charge in [0, 0.05) is 18.7 Å². The summed E-state index contributed by atoms with van der Waals surface area (Å²) in [6.07, 6.45) is 0. The first-order valence-corrected chi connectivity index (χ1v) is 5.73. The van der Waals surface area contributed by atoms with Gasteiger partial charge in [-0.15, -0.1) is 0 Å². The number of hydrogen-bond donors (Lipinski definition) is 1. The van der Waals surface area contributed by atoms with Gasteiger partial charge in [-0.1, -0.05) is 0 Å². The summed E-state index contributed by atoms with van der Waals surface area (Å²) in [5.74, 6) is 1.85. The quantitative estimate of drug-likeness (QED) is 0.630. The van der Waals surface area contributed by atoms with Crippen molar-refractivity contribution in [3.8, 4) is 11.5 Å². The first-order valence-electron chi connectivity index (χ1n) is 5.73. The van der Waals surface area contributed by atoms with Crippen LogP contribution in [0.3, 0.4) is 0 Å². The fourth-order valence-corrected chi connectivity index (χ4v) is 1.71. The second-order valence-electron chi connectivity index (χ2n) is 3.59. The summed E-state index contributed by atoms with van der Waals surface area (Å²) >= 11 is 0. The van der Waals surface area contributed by atoms with E-state index in [1.54, 1.807) is 14.2 Å². The minimum atomic E-state index is 0.510. The maximum atomic E-state index is 8.12. The van der Waals surface area contributed by atoms with Crippen LogP contribution in [0.25, 0.3) is 0 Å². The summed E-state index contributed by atoms with van der Waals surface area (Å²) < 4.78 is 10.4. The van der Waals surface area contributed by atoms with Gasteiger partial charge in [-0.2, -0.15) is 0 Å². The Morgan fingerprint density at radius 3 is 2.18 bits per heavy atom. The molecule has 0 saturated heterocycles. The number of methoxy groups -OCH3 is 2. The number of ether oxygens (including phenoxy) is 2. The number of benzene rings is 1. The molecule has 1 aromatic carbocycles. The molecule has 4 nitrogen and oxygen atoms in total. The third-order valence-corrected chi connectivity index (χ3v) is 2.74. The molecule has 0 aliphatic carbocycles. The van der Waals surface area contributed by atoms with Gasteiger partial charge in [-0.05, 0) is 32.0 Å². The Balaban J connectivity index is 3.03. The Labute approximate surface area is 103 Å². The fourth-order valence-electron chi connectivity index (χ4n) is 1.71. The lowest BCUT2D eigenvalue weighted by atomic mass is 10.1. The molecule has 1 aromatic rings. The van der Waals surface area contributed by atoms with Crippen LogP contribution in [-0.4, -0.2) is 38.0 Å². The average molecular weight is 236 g/mol. The smallest absolute Gasteiger partial charge is 0.161 e. The van der Waals surface area contributed by atoms with Crippen molar-refractivity contribution in [2.24, 2.45) is 0 Å². The van der Waals surface area contributed by atoms with Crippen LogP contribution >= 0.6 is 0 Å². The maximum Gasteiger partial charge on any atom is 0.161 e. The second kappa shape index (κ2) is 6.13. The predicted octanol–water partition coefficient (Wildman–Crippen LogP) is 2.37. The number of nitrogens with zero attached hydrogens (tertiary/aromatic N) is 1. The van der Waals surface area contributed by atoms with Crippen molar-refractivity contribution in [2.45, 2.75) is 13.8 Å². The zero-order valence-electron chi connectivity index (χ0n) is 10.9. The molecule has 94 valence electrons. The van der Waals surface area contributed by atoms with Crippen molar-refractivity contribution in [1.29, 1.82) is 5.41 Å². The SMILES string of the molecule is CCN(CC)C(=N)c1ccc(OC)c(OC)c1. The zero-order valence-corrected chi connectivity index (χ0v) is 10.9. The monoisotopic (exact) mass is 236 g/mol. The van der Waals surface area contributed by atoms with E-state index in [1.807, 2.05) is 36.9 Å². The zero-order chi connectivity index (χ0) is 12.8. The average Bonchev–Trinajstić information content (AvgIpc) is 2.39. The molecular formula is C13H20N2O2. The molecule has 0 aliphatic rings. The molecule has 0 bridgehead atoms. The molecule has 1 rings (SSSR count). The van der Waals surface area contributed by atoms with E-state index in [2.05, 4.69) is 0 Å². The minimum absolute atomic E-state index is 0.510. The van der Waals surface area contributed by atoms with Crippen molar-refractivity contribution in [2.75, 3.05) is 27.3 Å². The van der Waals surface area contributed by atoms with Gasteiger partial charge in [0.15, 0.2) is 11.5 Å². The highest BCUT2D eigenvalue weighted by Crippen LogP contribution is 2.27. The van der Waals surface area contributed by atoms with Crippen molar-refractivity contribution < 1.29 is 9.47 Å². The summed E-state index contributed by atoms with van der Waals surface area (Å²) in [4.78, 5) is 1.99. The van der Waals surface area contributed by atoms with Crippen molar-refractivity contribution in [3.63, 3.8) is 0 Å². The number of nitrogens with one attached hydrogen (secondary N) is 1. The molecular weight excluding hydrogens is 216 g/mol. The highest BCUT2D eigenvalue weighted by molar-refractivity contribution is 5.97. The van der Waals surface area contributed by atoms with Crippen molar-refractivity contribution in [3.05, 3.63) is 23.8 Å². The molecule has 0 aromatic heterocycles. The minimum Gasteiger partial charge on any atom is -0.493 e. The number of hydrogen-bond acceptors (Lipinski definition) is 3. The number of amidine groups is 1. The normalized spacial score (nSPS) is 9.88. The van der Waals surface area contributed by atoms with Crippen LogP contribution in [0.5, 0.6) is 11.5 Å². The molecule has 0 heterocycles. The molecule has 0 aliphatic heterocycles. The topological polar surface area (TPSA) is 45.6 Å². The lowest BCUT2D eigenvalue weighted by Gasteiger charge is -2.22. The summed E-state index contributed by atoms with van der Waals surface area (Å²) in [6, 6.07) is 5.54. The second-order valence-corrected chi connectivity index (χ2v) is 3.59. The van der Waals surface area contributed by atoms with Crippen molar-refractivity contribution >= 4 is 5.84 Å². The van der Waals surface area contributed by atoms with E-state index < -0.39 is 0 Å². The van der Waals surface area contributed by atoms with Crippen LogP contribution in [0.2, 0.25) is 0 Å². The highest BCUT2D eigenvalue weighted by atomic mass is 16.5. The molecule has 0 atom stereocenters. The van der Waals surface area contributed by atoms with Crippen LogP contribution in [-0.2, 0) is 0 Å². The molecule has 0 spiro atoms. The molecule has 0 amide bonds. The van der Waals surface area contributed by atoms with E-state index in [0.29, 0.717) is 17.3 Å². The van der Waals surface area contributed by atoms with E-state index in [9.17, 15) is 0 Å². The highest BCUT2D eigenvalue weighted by Gasteiger charge is 2.11. The van der Waals surface area contributed by atoms with E-state index in [1.165, 1.54) is 0 Å². The molecule has 1 N–H and O–H groups in total. The molecule has 0 radical (unpaired) electrons. The number of rotatable bonds is 5. The lowest BCUT2D eigenvalue weighted by Crippen LogP contribution is -2.30. The Kier molecular flexibility index (Phi) is 4.82. The lowest BCUT2D eigenvalue weighted by molar-refractivity contribution is 0.354. The van der Waals surface area contributed by atoms with Gasteiger partial charge in [0.25, 0.3) is 0 Å². The van der Waals surface area contributed by atoms with E-state index in [-0.39, 0.29) is 0 Å². The van der Waals surface area contributed by atoms with Crippen LogP contribution < -0.4 is 9.47 Å². The first kappa shape index (κ1) is 13.4. The van der Waals surface area contributed by atoms with Crippen LogP contribution in [0, 0.1) is 5.41 Å². The first-order chi connectivity index (χ1) is 8.17. The molecule has 4 heteroatoms. The third kappa shape index (κ3) is 2.90. The molecule has 0 unspecified atom stereocenters. The van der Waals surface area contributed by atoms with E-state index in [4.69, 9.17) is 14.9 Å². The maximum absolute atomic E-state index is 8.12. The Hall–Kier alpha value is -1.71. The summed E-state index contributed by atoms with van der Waals surface area (Å²) in [5.41, 5.74) is 0.839. The van der Waals surface area contributed by atoms with Gasteiger partial charge >= 0.3 is 0 Å². The summed E-state index contributed by atoms with van der Waals surface area (Å²) in [6.45, 7) is 5.73. The van der Waals surface area contributed by atoms with E-state index in [0.717, 1.165) is 18.7 Å². The van der Waals surface area contributed by atoms with Gasteiger partial charge in [0.1, 0.15) is 5.84 Å². The Bertz CT molecular complexity index is 387.